The van der Waals surface area contributed by atoms with Crippen LogP contribution in [0.5, 0.6) is 0 Å². The summed E-state index contributed by atoms with van der Waals surface area (Å²) in [6, 6.07) is 25.4. The third-order valence-electron chi connectivity index (χ3n) is 9.09. The van der Waals surface area contributed by atoms with Gasteiger partial charge in [0.25, 0.3) is 5.91 Å². The minimum atomic E-state index is -0.437. The molecule has 0 spiro atoms. The van der Waals surface area contributed by atoms with Gasteiger partial charge in [0.1, 0.15) is 0 Å². The number of ketones is 2. The summed E-state index contributed by atoms with van der Waals surface area (Å²) in [5.74, 6) is -1.60. The molecular formula is C43H46N2O4. The molecule has 6 heteroatoms. The van der Waals surface area contributed by atoms with Crippen molar-refractivity contribution in [3.63, 3.8) is 0 Å². The maximum absolute atomic E-state index is 13.8. The van der Waals surface area contributed by atoms with Gasteiger partial charge in [-0.3, -0.25) is 19.2 Å². The zero-order valence-electron chi connectivity index (χ0n) is 28.6. The first-order valence-corrected chi connectivity index (χ1v) is 17.7. The highest BCUT2D eigenvalue weighted by Gasteiger charge is 2.34. The van der Waals surface area contributed by atoms with Crippen LogP contribution in [0.4, 0.5) is 11.4 Å². The zero-order chi connectivity index (χ0) is 34.6. The fraction of sp³-hybridized carbons (Fsp3) is 0.302. The molecule has 1 aliphatic rings. The van der Waals surface area contributed by atoms with E-state index in [-0.39, 0.29) is 45.3 Å². The highest BCUT2D eigenvalue weighted by molar-refractivity contribution is 6.33. The normalized spacial score (nSPS) is 12.1. The van der Waals surface area contributed by atoms with E-state index >= 15 is 0 Å². The van der Waals surface area contributed by atoms with Gasteiger partial charge in [0.05, 0.1) is 22.5 Å². The van der Waals surface area contributed by atoms with Crippen molar-refractivity contribution in [3.05, 3.63) is 136 Å². The molecule has 4 aromatic carbocycles. The molecule has 252 valence electrons. The van der Waals surface area contributed by atoms with Crippen molar-refractivity contribution >= 4 is 40.8 Å². The van der Waals surface area contributed by atoms with Crippen LogP contribution in [0.15, 0.2) is 91.0 Å². The van der Waals surface area contributed by atoms with Gasteiger partial charge in [0, 0.05) is 22.8 Å². The third kappa shape index (κ3) is 9.08. The lowest BCUT2D eigenvalue weighted by molar-refractivity contribution is -0.111. The lowest BCUT2D eigenvalue weighted by atomic mass is 9.82. The van der Waals surface area contributed by atoms with Gasteiger partial charge in [-0.15, -0.1) is 0 Å². The third-order valence-corrected chi connectivity index (χ3v) is 9.09. The Hall–Kier alpha value is -5.10. The highest BCUT2D eigenvalue weighted by atomic mass is 16.2. The van der Waals surface area contributed by atoms with Crippen molar-refractivity contribution in [2.75, 3.05) is 10.6 Å². The standard InChI is InChI=1S/C43H46N2O4/c1-3-5-7-9-11-15-30-18-20-32(21-19-30)24-29-38(46)44-36-27-28-37(40-39(36)41(47)34-16-12-13-17-35(34)42(40)48)45-43(49)33-25-22-31(23-26-33)14-10-8-6-4-2/h12-13,16-29H,3-11,14-15H2,1-2H3,(H,44,46)(H,45,49). The Morgan fingerprint density at radius 3 is 1.61 bits per heavy atom. The van der Waals surface area contributed by atoms with E-state index in [1.165, 1.54) is 68.6 Å². The molecule has 4 aromatic rings. The maximum Gasteiger partial charge on any atom is 0.255 e. The van der Waals surface area contributed by atoms with Gasteiger partial charge in [0.15, 0.2) is 11.6 Å². The Balaban J connectivity index is 1.32. The van der Waals surface area contributed by atoms with Crippen molar-refractivity contribution in [1.29, 1.82) is 0 Å². The second-order valence-corrected chi connectivity index (χ2v) is 12.8. The van der Waals surface area contributed by atoms with Crippen LogP contribution < -0.4 is 10.6 Å². The van der Waals surface area contributed by atoms with Gasteiger partial charge in [-0.2, -0.15) is 0 Å². The summed E-state index contributed by atoms with van der Waals surface area (Å²) in [6.45, 7) is 4.40. The quantitative estimate of drug-likeness (QED) is 0.0818. The number of carbonyl (C=O) groups is 4. The molecule has 0 saturated carbocycles. The summed E-state index contributed by atoms with van der Waals surface area (Å²) in [6.07, 6.45) is 16.0. The van der Waals surface area contributed by atoms with Crippen LogP contribution in [0, 0.1) is 0 Å². The van der Waals surface area contributed by atoms with Crippen molar-refractivity contribution in [1.82, 2.24) is 0 Å². The van der Waals surface area contributed by atoms with Crippen LogP contribution in [0.3, 0.4) is 0 Å². The Morgan fingerprint density at radius 2 is 1.06 bits per heavy atom. The molecule has 0 radical (unpaired) electrons. The van der Waals surface area contributed by atoms with Gasteiger partial charge in [0.2, 0.25) is 5.91 Å². The molecule has 0 unspecified atom stereocenters. The predicted octanol–water partition coefficient (Wildman–Crippen LogP) is 10.0. The zero-order valence-corrected chi connectivity index (χ0v) is 28.6. The first-order valence-electron chi connectivity index (χ1n) is 17.7. The molecule has 1 aliphatic carbocycles. The van der Waals surface area contributed by atoms with E-state index in [1.807, 2.05) is 24.3 Å². The number of aryl methyl sites for hydroxylation is 2. The molecule has 0 aliphatic heterocycles. The van der Waals surface area contributed by atoms with Crippen LogP contribution in [-0.2, 0) is 17.6 Å². The van der Waals surface area contributed by atoms with E-state index < -0.39 is 11.7 Å². The van der Waals surface area contributed by atoms with Gasteiger partial charge in [-0.1, -0.05) is 119 Å². The number of amides is 2. The molecule has 2 amide bonds. The average molecular weight is 655 g/mol. The summed E-state index contributed by atoms with van der Waals surface area (Å²) >= 11 is 0. The Morgan fingerprint density at radius 1 is 0.571 bits per heavy atom. The highest BCUT2D eigenvalue weighted by Crippen LogP contribution is 2.37. The SMILES string of the molecule is CCCCCCCc1ccc(C=CC(=O)Nc2ccc(NC(=O)c3ccc(CCCCCC)cc3)c3c2C(=O)c2ccccc2C3=O)cc1. The largest absolute Gasteiger partial charge is 0.322 e. The predicted molar refractivity (Wildman–Crippen MR) is 199 cm³/mol. The summed E-state index contributed by atoms with van der Waals surface area (Å²) in [7, 11) is 0. The molecule has 49 heavy (non-hydrogen) atoms. The topological polar surface area (TPSA) is 92.3 Å². The average Bonchev–Trinajstić information content (AvgIpc) is 3.12. The Kier molecular flexibility index (Phi) is 12.5. The van der Waals surface area contributed by atoms with Gasteiger partial charge < -0.3 is 10.6 Å². The van der Waals surface area contributed by atoms with Crippen LogP contribution >= 0.6 is 0 Å². The monoisotopic (exact) mass is 654 g/mol. The Bertz CT molecular complexity index is 1820. The smallest absolute Gasteiger partial charge is 0.255 e. The van der Waals surface area contributed by atoms with Crippen molar-refractivity contribution < 1.29 is 19.2 Å². The summed E-state index contributed by atoms with van der Waals surface area (Å²) in [5.41, 5.74) is 4.85. The van der Waals surface area contributed by atoms with Gasteiger partial charge in [-0.05, 0) is 72.7 Å². The van der Waals surface area contributed by atoms with Crippen molar-refractivity contribution in [3.8, 4) is 0 Å². The van der Waals surface area contributed by atoms with E-state index in [2.05, 4.69) is 36.6 Å². The number of fused-ring (bicyclic) bond motifs is 2. The van der Waals surface area contributed by atoms with Crippen LogP contribution in [-0.4, -0.2) is 23.4 Å². The molecule has 0 atom stereocenters. The second-order valence-electron chi connectivity index (χ2n) is 12.8. The molecule has 0 bridgehead atoms. The molecular weight excluding hydrogens is 608 g/mol. The van der Waals surface area contributed by atoms with Crippen LogP contribution in [0.1, 0.15) is 131 Å². The molecule has 6 nitrogen and oxygen atoms in total. The minimum Gasteiger partial charge on any atom is -0.322 e. The van der Waals surface area contributed by atoms with Crippen LogP contribution in [0.25, 0.3) is 6.08 Å². The first-order chi connectivity index (χ1) is 23.9. The van der Waals surface area contributed by atoms with Crippen molar-refractivity contribution in [2.24, 2.45) is 0 Å². The number of hydrogen-bond donors (Lipinski definition) is 2. The van der Waals surface area contributed by atoms with E-state index in [4.69, 9.17) is 0 Å². The number of anilines is 2. The van der Waals surface area contributed by atoms with Crippen LogP contribution in [0.2, 0.25) is 0 Å². The summed E-state index contributed by atoms with van der Waals surface area (Å²) in [5, 5.41) is 5.67. The van der Waals surface area contributed by atoms with Crippen molar-refractivity contribution in [2.45, 2.75) is 84.5 Å². The molecule has 0 saturated heterocycles. The van der Waals surface area contributed by atoms with E-state index in [9.17, 15) is 19.2 Å². The maximum atomic E-state index is 13.8. The molecule has 2 N–H and O–H groups in total. The van der Waals surface area contributed by atoms with E-state index in [0.717, 1.165) is 24.8 Å². The summed E-state index contributed by atoms with van der Waals surface area (Å²) < 4.78 is 0. The summed E-state index contributed by atoms with van der Waals surface area (Å²) in [4.78, 5) is 54.1. The number of carbonyl (C=O) groups excluding carboxylic acids is 4. The number of rotatable bonds is 16. The number of unbranched alkanes of at least 4 members (excludes halogenated alkanes) is 7. The first kappa shape index (κ1) is 35.2. The fourth-order valence-electron chi connectivity index (χ4n) is 6.28. The fourth-order valence-corrected chi connectivity index (χ4v) is 6.28. The Labute approximate surface area is 290 Å². The minimum absolute atomic E-state index is 0.0639. The molecule has 0 heterocycles. The lowest BCUT2D eigenvalue weighted by Crippen LogP contribution is -2.26. The second kappa shape index (κ2) is 17.3. The van der Waals surface area contributed by atoms with E-state index in [0.29, 0.717) is 5.56 Å². The number of nitrogens with one attached hydrogen (secondary N) is 2. The number of benzene rings is 4. The lowest BCUT2D eigenvalue weighted by Gasteiger charge is -2.23. The van der Waals surface area contributed by atoms with Gasteiger partial charge >= 0.3 is 0 Å². The molecule has 0 fully saturated rings. The number of hydrogen-bond acceptors (Lipinski definition) is 4. The van der Waals surface area contributed by atoms with E-state index in [1.54, 1.807) is 54.6 Å². The van der Waals surface area contributed by atoms with Gasteiger partial charge in [-0.25, -0.2) is 0 Å². The molecule has 0 aromatic heterocycles. The molecule has 5 rings (SSSR count).